The van der Waals surface area contributed by atoms with Crippen molar-refractivity contribution in [3.05, 3.63) is 57.9 Å². The number of hydrogen-bond acceptors (Lipinski definition) is 4. The lowest BCUT2D eigenvalue weighted by molar-refractivity contribution is 0.0997. The Balaban J connectivity index is 2.10. The zero-order valence-corrected chi connectivity index (χ0v) is 16.2. The first-order valence-electron chi connectivity index (χ1n) is 8.36. The number of carbonyl (C=O) groups is 1. The molecule has 1 amide bonds. The highest BCUT2D eigenvalue weighted by molar-refractivity contribution is 7.16. The Hall–Kier alpha value is -2.44. The third-order valence-electron chi connectivity index (χ3n) is 4.36. The van der Waals surface area contributed by atoms with Gasteiger partial charge in [0.05, 0.1) is 23.9 Å². The van der Waals surface area contributed by atoms with Crippen LogP contribution in [0.4, 0.5) is 0 Å². The van der Waals surface area contributed by atoms with Crippen molar-refractivity contribution in [3.8, 4) is 5.75 Å². The Kier molecular flexibility index (Phi) is 5.54. The first-order chi connectivity index (χ1) is 12.5. The highest BCUT2D eigenvalue weighted by atomic mass is 32.1. The average molecular weight is 370 g/mol. The van der Waals surface area contributed by atoms with Crippen LogP contribution < -0.4 is 9.54 Å². The molecule has 0 saturated heterocycles. The first-order valence-corrected chi connectivity index (χ1v) is 9.17. The van der Waals surface area contributed by atoms with Gasteiger partial charge in [0.1, 0.15) is 5.75 Å². The Morgan fingerprint density at radius 3 is 2.62 bits per heavy atom. The number of rotatable bonds is 5. The van der Waals surface area contributed by atoms with E-state index in [1.165, 1.54) is 11.3 Å². The number of aromatic nitrogens is 1. The number of carbonyl (C=O) groups excluding carboxylic acids is 1. The molecule has 5 nitrogen and oxygen atoms in total. The summed E-state index contributed by atoms with van der Waals surface area (Å²) >= 11 is 1.47. The number of thiazole rings is 1. The molecule has 1 aromatic heterocycles. The number of methoxy groups -OCH3 is 2. The van der Waals surface area contributed by atoms with Crippen molar-refractivity contribution < 1.29 is 14.3 Å². The molecule has 26 heavy (non-hydrogen) atoms. The second kappa shape index (κ2) is 7.85. The van der Waals surface area contributed by atoms with Gasteiger partial charge in [-0.15, -0.1) is 0 Å². The maximum Gasteiger partial charge on any atom is 0.279 e. The molecular formula is C20H22N2O3S. The number of benzene rings is 2. The Bertz CT molecular complexity index is 1020. The van der Waals surface area contributed by atoms with Crippen LogP contribution in [0.25, 0.3) is 10.2 Å². The van der Waals surface area contributed by atoms with Crippen molar-refractivity contribution in [2.45, 2.75) is 20.4 Å². The van der Waals surface area contributed by atoms with Crippen LogP contribution >= 0.6 is 11.3 Å². The Morgan fingerprint density at radius 1 is 1.12 bits per heavy atom. The molecule has 0 aliphatic heterocycles. The molecule has 0 bridgehead atoms. The van der Waals surface area contributed by atoms with Crippen LogP contribution in [-0.2, 0) is 11.3 Å². The summed E-state index contributed by atoms with van der Waals surface area (Å²) in [6.07, 6.45) is 0. The van der Waals surface area contributed by atoms with Crippen LogP contribution in [-0.4, -0.2) is 31.3 Å². The maximum atomic E-state index is 12.7. The molecule has 6 heteroatoms. The Labute approximate surface area is 156 Å². The van der Waals surface area contributed by atoms with E-state index in [2.05, 4.69) is 4.99 Å². The van der Waals surface area contributed by atoms with Crippen molar-refractivity contribution >= 4 is 27.5 Å². The van der Waals surface area contributed by atoms with Crippen LogP contribution in [0.2, 0.25) is 0 Å². The number of aryl methyl sites for hydroxylation is 2. The standard InChI is InChI=1S/C20H22N2O3S/c1-13-5-6-15(11-14(13)2)19(23)21-20-22(9-10-24-3)17-8-7-16(25-4)12-18(17)26-20/h5-8,11-12H,9-10H2,1-4H3. The Morgan fingerprint density at radius 2 is 1.92 bits per heavy atom. The second-order valence-corrected chi connectivity index (χ2v) is 7.09. The van der Waals surface area contributed by atoms with Gasteiger partial charge < -0.3 is 14.0 Å². The summed E-state index contributed by atoms with van der Waals surface area (Å²) in [5.74, 6) is 0.544. The molecule has 0 fully saturated rings. The van der Waals surface area contributed by atoms with Gasteiger partial charge in [-0.05, 0) is 55.3 Å². The number of hydrogen-bond donors (Lipinski definition) is 0. The van der Waals surface area contributed by atoms with Gasteiger partial charge in [-0.1, -0.05) is 17.4 Å². The number of amides is 1. The van der Waals surface area contributed by atoms with Crippen molar-refractivity contribution in [1.29, 1.82) is 0 Å². The number of fused-ring (bicyclic) bond motifs is 1. The van der Waals surface area contributed by atoms with Gasteiger partial charge in [0.25, 0.3) is 5.91 Å². The predicted molar refractivity (Wildman–Crippen MR) is 104 cm³/mol. The van der Waals surface area contributed by atoms with Gasteiger partial charge in [0.15, 0.2) is 4.80 Å². The molecule has 3 rings (SSSR count). The van der Waals surface area contributed by atoms with Crippen molar-refractivity contribution in [1.82, 2.24) is 4.57 Å². The molecular weight excluding hydrogens is 348 g/mol. The fourth-order valence-corrected chi connectivity index (χ4v) is 3.77. The van der Waals surface area contributed by atoms with E-state index < -0.39 is 0 Å². The van der Waals surface area contributed by atoms with Crippen molar-refractivity contribution in [3.63, 3.8) is 0 Å². The number of nitrogens with zero attached hydrogens (tertiary/aromatic N) is 2. The van der Waals surface area contributed by atoms with Crippen LogP contribution in [0, 0.1) is 13.8 Å². The summed E-state index contributed by atoms with van der Waals surface area (Å²) in [6.45, 7) is 5.19. The zero-order valence-electron chi connectivity index (χ0n) is 15.4. The SMILES string of the molecule is COCCn1c(=NC(=O)c2ccc(C)c(C)c2)sc2cc(OC)ccc21. The predicted octanol–water partition coefficient (Wildman–Crippen LogP) is 3.72. The smallest absolute Gasteiger partial charge is 0.279 e. The first kappa shape index (κ1) is 18.4. The van der Waals surface area contributed by atoms with E-state index in [-0.39, 0.29) is 5.91 Å². The lowest BCUT2D eigenvalue weighted by Gasteiger charge is -2.05. The van der Waals surface area contributed by atoms with Gasteiger partial charge in [0, 0.05) is 19.2 Å². The molecule has 0 N–H and O–H groups in total. The van der Waals surface area contributed by atoms with Gasteiger partial charge in [-0.25, -0.2) is 0 Å². The maximum absolute atomic E-state index is 12.7. The molecule has 1 heterocycles. The van der Waals surface area contributed by atoms with E-state index in [1.54, 1.807) is 14.2 Å². The molecule has 0 spiro atoms. The molecule has 3 aromatic rings. The minimum Gasteiger partial charge on any atom is -0.497 e. The molecule has 0 radical (unpaired) electrons. The summed E-state index contributed by atoms with van der Waals surface area (Å²) < 4.78 is 13.6. The van der Waals surface area contributed by atoms with E-state index >= 15 is 0 Å². The molecule has 0 aliphatic rings. The van der Waals surface area contributed by atoms with Crippen LogP contribution in [0.1, 0.15) is 21.5 Å². The number of ether oxygens (including phenoxy) is 2. The van der Waals surface area contributed by atoms with Gasteiger partial charge in [-0.2, -0.15) is 4.99 Å². The average Bonchev–Trinajstić information content (AvgIpc) is 2.98. The largest absolute Gasteiger partial charge is 0.497 e. The minimum absolute atomic E-state index is 0.238. The van der Waals surface area contributed by atoms with Gasteiger partial charge in [-0.3, -0.25) is 4.79 Å². The summed E-state index contributed by atoms with van der Waals surface area (Å²) in [7, 11) is 3.30. The van der Waals surface area contributed by atoms with Crippen molar-refractivity contribution in [2.24, 2.45) is 4.99 Å². The second-order valence-electron chi connectivity index (χ2n) is 6.08. The third kappa shape index (κ3) is 3.71. The highest BCUT2D eigenvalue weighted by Gasteiger charge is 2.11. The topological polar surface area (TPSA) is 52.8 Å². The molecule has 0 unspecified atom stereocenters. The molecule has 0 saturated carbocycles. The van der Waals surface area contributed by atoms with Crippen LogP contribution in [0.5, 0.6) is 5.75 Å². The van der Waals surface area contributed by atoms with E-state index in [1.807, 2.05) is 54.8 Å². The van der Waals surface area contributed by atoms with Gasteiger partial charge in [0.2, 0.25) is 0 Å². The fraction of sp³-hybridized carbons (Fsp3) is 0.300. The summed E-state index contributed by atoms with van der Waals surface area (Å²) in [4.78, 5) is 17.7. The molecule has 0 aliphatic carbocycles. The van der Waals surface area contributed by atoms with E-state index in [9.17, 15) is 4.79 Å². The normalized spacial score (nSPS) is 11.9. The lowest BCUT2D eigenvalue weighted by atomic mass is 10.1. The highest BCUT2D eigenvalue weighted by Crippen LogP contribution is 2.23. The molecule has 2 aromatic carbocycles. The van der Waals surface area contributed by atoms with Crippen LogP contribution in [0.15, 0.2) is 41.4 Å². The minimum atomic E-state index is -0.238. The van der Waals surface area contributed by atoms with E-state index in [0.717, 1.165) is 27.1 Å². The summed E-state index contributed by atoms with van der Waals surface area (Å²) in [6, 6.07) is 11.5. The summed E-state index contributed by atoms with van der Waals surface area (Å²) in [5, 5.41) is 0. The van der Waals surface area contributed by atoms with E-state index in [0.29, 0.717) is 23.5 Å². The summed E-state index contributed by atoms with van der Waals surface area (Å²) in [5.41, 5.74) is 3.85. The van der Waals surface area contributed by atoms with Crippen LogP contribution in [0.3, 0.4) is 0 Å². The molecule has 136 valence electrons. The fourth-order valence-electron chi connectivity index (χ4n) is 2.69. The zero-order chi connectivity index (χ0) is 18.7. The third-order valence-corrected chi connectivity index (χ3v) is 5.40. The lowest BCUT2D eigenvalue weighted by Crippen LogP contribution is -2.19. The van der Waals surface area contributed by atoms with E-state index in [4.69, 9.17) is 9.47 Å². The van der Waals surface area contributed by atoms with Gasteiger partial charge >= 0.3 is 0 Å². The van der Waals surface area contributed by atoms with Crippen molar-refractivity contribution in [2.75, 3.05) is 20.8 Å². The molecule has 0 atom stereocenters. The monoisotopic (exact) mass is 370 g/mol. The quantitative estimate of drug-likeness (QED) is 0.688.